The van der Waals surface area contributed by atoms with E-state index in [9.17, 15) is 0 Å². The van der Waals surface area contributed by atoms with Gasteiger partial charge in [-0.3, -0.25) is 9.89 Å². The zero-order valence-corrected chi connectivity index (χ0v) is 13.6. The number of nitrogens with two attached hydrogens (primary N) is 1. The summed E-state index contributed by atoms with van der Waals surface area (Å²) >= 11 is 1.89. The molecule has 1 aliphatic heterocycles. The van der Waals surface area contributed by atoms with Crippen LogP contribution in [0.5, 0.6) is 0 Å². The molecule has 20 heavy (non-hydrogen) atoms. The second-order valence-corrected chi connectivity index (χ2v) is 6.31. The van der Waals surface area contributed by atoms with E-state index in [1.807, 2.05) is 11.3 Å². The van der Waals surface area contributed by atoms with Crippen LogP contribution >= 0.6 is 11.3 Å². The minimum atomic E-state index is 0.442. The molecule has 0 aliphatic carbocycles. The Hall–Kier alpha value is -1.07. The maximum atomic E-state index is 6.04. The SMILES string of the molecule is CCN(CC)C(N)=NCC(C)N1CCc2sccc2C1. The predicted octanol–water partition coefficient (Wildman–Crippen LogP) is 2.15. The Morgan fingerprint density at radius 3 is 2.95 bits per heavy atom. The number of hydrogen-bond donors (Lipinski definition) is 1. The maximum Gasteiger partial charge on any atom is 0.191 e. The van der Waals surface area contributed by atoms with Crippen LogP contribution in [0.2, 0.25) is 0 Å². The maximum absolute atomic E-state index is 6.04. The summed E-state index contributed by atoms with van der Waals surface area (Å²) in [6.07, 6.45) is 1.17. The van der Waals surface area contributed by atoms with Crippen molar-refractivity contribution >= 4 is 17.3 Å². The largest absolute Gasteiger partial charge is 0.370 e. The number of aliphatic imine (C=N–C) groups is 1. The number of thiophene rings is 1. The fourth-order valence-electron chi connectivity index (χ4n) is 2.64. The molecule has 1 aromatic heterocycles. The summed E-state index contributed by atoms with van der Waals surface area (Å²) in [7, 11) is 0. The summed E-state index contributed by atoms with van der Waals surface area (Å²) in [5, 5.41) is 2.20. The van der Waals surface area contributed by atoms with Gasteiger partial charge in [-0.25, -0.2) is 0 Å². The molecule has 0 saturated carbocycles. The lowest BCUT2D eigenvalue weighted by Gasteiger charge is -2.32. The van der Waals surface area contributed by atoms with E-state index in [0.717, 1.165) is 32.7 Å². The van der Waals surface area contributed by atoms with E-state index in [-0.39, 0.29) is 0 Å². The standard InChI is InChI=1S/C15H26N4S/c1-4-18(5-2)15(16)17-10-12(3)19-8-6-14-13(11-19)7-9-20-14/h7,9,12H,4-6,8,10-11H2,1-3H3,(H2,16,17). The van der Waals surface area contributed by atoms with Gasteiger partial charge in [-0.1, -0.05) is 0 Å². The van der Waals surface area contributed by atoms with Crippen molar-refractivity contribution in [3.8, 4) is 0 Å². The molecule has 1 atom stereocenters. The molecule has 0 spiro atoms. The lowest BCUT2D eigenvalue weighted by atomic mass is 10.1. The first-order chi connectivity index (χ1) is 9.65. The fraction of sp³-hybridized carbons (Fsp3) is 0.667. The topological polar surface area (TPSA) is 44.9 Å². The van der Waals surface area contributed by atoms with Crippen molar-refractivity contribution in [2.75, 3.05) is 26.2 Å². The van der Waals surface area contributed by atoms with Gasteiger partial charge in [0.15, 0.2) is 5.96 Å². The molecule has 2 heterocycles. The molecule has 112 valence electrons. The van der Waals surface area contributed by atoms with Crippen LogP contribution in [0.1, 0.15) is 31.2 Å². The van der Waals surface area contributed by atoms with Gasteiger partial charge in [-0.15, -0.1) is 11.3 Å². The summed E-state index contributed by atoms with van der Waals surface area (Å²) in [5.74, 6) is 0.676. The van der Waals surface area contributed by atoms with E-state index in [1.54, 1.807) is 4.88 Å². The van der Waals surface area contributed by atoms with Crippen LogP contribution in [0.15, 0.2) is 16.4 Å². The van der Waals surface area contributed by atoms with Gasteiger partial charge in [0, 0.05) is 37.1 Å². The molecule has 0 saturated heterocycles. The molecule has 0 radical (unpaired) electrons. The third kappa shape index (κ3) is 3.52. The number of rotatable bonds is 5. The third-order valence-electron chi connectivity index (χ3n) is 4.07. The van der Waals surface area contributed by atoms with Gasteiger partial charge in [-0.05, 0) is 44.2 Å². The molecule has 1 aromatic rings. The first-order valence-electron chi connectivity index (χ1n) is 7.49. The molecule has 0 aromatic carbocycles. The van der Waals surface area contributed by atoms with Crippen LogP contribution in [0.3, 0.4) is 0 Å². The Morgan fingerprint density at radius 1 is 1.50 bits per heavy atom. The smallest absolute Gasteiger partial charge is 0.191 e. The van der Waals surface area contributed by atoms with Gasteiger partial charge in [0.05, 0.1) is 6.54 Å². The van der Waals surface area contributed by atoms with Gasteiger partial charge in [0.25, 0.3) is 0 Å². The van der Waals surface area contributed by atoms with Crippen LogP contribution in [-0.2, 0) is 13.0 Å². The second-order valence-electron chi connectivity index (χ2n) is 5.31. The van der Waals surface area contributed by atoms with Crippen LogP contribution in [0.4, 0.5) is 0 Å². The van der Waals surface area contributed by atoms with Crippen molar-refractivity contribution in [1.82, 2.24) is 9.80 Å². The number of nitrogens with zero attached hydrogens (tertiary/aromatic N) is 3. The summed E-state index contributed by atoms with van der Waals surface area (Å²) in [6.45, 7) is 11.3. The van der Waals surface area contributed by atoms with Gasteiger partial charge in [0.1, 0.15) is 0 Å². The monoisotopic (exact) mass is 294 g/mol. The highest BCUT2D eigenvalue weighted by molar-refractivity contribution is 7.10. The normalized spacial score (nSPS) is 17.9. The van der Waals surface area contributed by atoms with Crippen molar-refractivity contribution in [2.24, 2.45) is 10.7 Å². The molecular formula is C15H26N4S. The highest BCUT2D eigenvalue weighted by Gasteiger charge is 2.21. The van der Waals surface area contributed by atoms with Gasteiger partial charge >= 0.3 is 0 Å². The Bertz CT molecular complexity index is 450. The van der Waals surface area contributed by atoms with E-state index in [0.29, 0.717) is 12.0 Å². The van der Waals surface area contributed by atoms with E-state index >= 15 is 0 Å². The van der Waals surface area contributed by atoms with Gasteiger partial charge in [-0.2, -0.15) is 0 Å². The fourth-order valence-corrected chi connectivity index (χ4v) is 3.52. The molecule has 2 N–H and O–H groups in total. The van der Waals surface area contributed by atoms with E-state index < -0.39 is 0 Å². The molecule has 2 rings (SSSR count). The lowest BCUT2D eigenvalue weighted by Crippen LogP contribution is -2.41. The van der Waals surface area contributed by atoms with Gasteiger partial charge in [0.2, 0.25) is 0 Å². The molecule has 4 nitrogen and oxygen atoms in total. The molecular weight excluding hydrogens is 268 g/mol. The highest BCUT2D eigenvalue weighted by atomic mass is 32.1. The molecule has 0 fully saturated rings. The molecule has 0 bridgehead atoms. The molecule has 1 aliphatic rings. The highest BCUT2D eigenvalue weighted by Crippen LogP contribution is 2.25. The van der Waals surface area contributed by atoms with Crippen molar-refractivity contribution in [1.29, 1.82) is 0 Å². The summed E-state index contributed by atoms with van der Waals surface area (Å²) in [4.78, 5) is 10.7. The first-order valence-corrected chi connectivity index (χ1v) is 8.37. The zero-order valence-electron chi connectivity index (χ0n) is 12.8. The number of hydrogen-bond acceptors (Lipinski definition) is 3. The van der Waals surface area contributed by atoms with Crippen LogP contribution < -0.4 is 5.73 Å². The van der Waals surface area contributed by atoms with Crippen LogP contribution in [-0.4, -0.2) is 48.0 Å². The number of guanidine groups is 1. The Kier molecular flexibility index (Phi) is 5.43. The van der Waals surface area contributed by atoms with Crippen molar-refractivity contribution in [3.63, 3.8) is 0 Å². The quantitative estimate of drug-likeness (QED) is 0.668. The van der Waals surface area contributed by atoms with Crippen LogP contribution in [0.25, 0.3) is 0 Å². The minimum absolute atomic E-state index is 0.442. The lowest BCUT2D eigenvalue weighted by molar-refractivity contribution is 0.196. The number of fused-ring (bicyclic) bond motifs is 1. The average Bonchev–Trinajstić information content (AvgIpc) is 2.93. The average molecular weight is 294 g/mol. The summed E-state index contributed by atoms with van der Waals surface area (Å²) in [6, 6.07) is 2.70. The van der Waals surface area contributed by atoms with Gasteiger partial charge < -0.3 is 10.6 Å². The van der Waals surface area contributed by atoms with E-state index in [2.05, 4.69) is 47.0 Å². The van der Waals surface area contributed by atoms with Crippen molar-refractivity contribution in [2.45, 2.75) is 39.8 Å². The second kappa shape index (κ2) is 7.09. The molecule has 0 amide bonds. The Morgan fingerprint density at radius 2 is 2.25 bits per heavy atom. The predicted molar refractivity (Wildman–Crippen MR) is 87.3 cm³/mol. The zero-order chi connectivity index (χ0) is 14.5. The van der Waals surface area contributed by atoms with Crippen molar-refractivity contribution in [3.05, 3.63) is 21.9 Å². The Balaban J connectivity index is 1.90. The van der Waals surface area contributed by atoms with Crippen LogP contribution in [0, 0.1) is 0 Å². The Labute approximate surface area is 126 Å². The van der Waals surface area contributed by atoms with Crippen molar-refractivity contribution < 1.29 is 0 Å². The first kappa shape index (κ1) is 15.3. The van der Waals surface area contributed by atoms with E-state index in [4.69, 9.17) is 5.73 Å². The molecule has 5 heteroatoms. The van der Waals surface area contributed by atoms with E-state index in [1.165, 1.54) is 12.0 Å². The molecule has 1 unspecified atom stereocenters. The minimum Gasteiger partial charge on any atom is -0.370 e. The summed E-state index contributed by atoms with van der Waals surface area (Å²) < 4.78 is 0. The summed E-state index contributed by atoms with van der Waals surface area (Å²) in [5.41, 5.74) is 7.53. The third-order valence-corrected chi connectivity index (χ3v) is 5.09.